The maximum Gasteiger partial charge on any atom is 0.0642 e. The minimum atomic E-state index is 0.422. The van der Waals surface area contributed by atoms with E-state index in [0.717, 1.165) is 44.0 Å². The molecule has 1 aromatic rings. The molecule has 0 bridgehead atoms. The van der Waals surface area contributed by atoms with Crippen LogP contribution in [0, 0.1) is 12.3 Å². The monoisotopic (exact) mass is 372 g/mol. The molecule has 0 atom stereocenters. The van der Waals surface area contributed by atoms with Crippen molar-refractivity contribution in [2.75, 3.05) is 37.6 Å². The van der Waals surface area contributed by atoms with E-state index in [-0.39, 0.29) is 0 Å². The zero-order valence-corrected chi connectivity index (χ0v) is 17.4. The van der Waals surface area contributed by atoms with Crippen molar-refractivity contribution in [3.05, 3.63) is 52.6 Å². The van der Waals surface area contributed by atoms with Gasteiger partial charge >= 0.3 is 0 Å². The molecule has 142 valence electrons. The van der Waals surface area contributed by atoms with Gasteiger partial charge in [0.1, 0.15) is 0 Å². The molecule has 1 heterocycles. The molecule has 2 fully saturated rings. The second-order valence-corrected chi connectivity index (χ2v) is 8.28. The third kappa shape index (κ3) is 4.53. The Hall–Kier alpha value is -1.25. The van der Waals surface area contributed by atoms with E-state index in [0.29, 0.717) is 5.41 Å². The summed E-state index contributed by atoms with van der Waals surface area (Å²) in [5.74, 6) is 0. The van der Waals surface area contributed by atoms with Crippen LogP contribution < -0.4 is 4.90 Å². The van der Waals surface area contributed by atoms with E-state index < -0.39 is 0 Å². The van der Waals surface area contributed by atoms with E-state index in [1.54, 1.807) is 5.57 Å². The molecule has 1 aliphatic carbocycles. The van der Waals surface area contributed by atoms with Crippen LogP contribution in [-0.4, -0.2) is 37.6 Å². The molecular weight excluding hydrogens is 340 g/mol. The number of nitrogens with zero attached hydrogens (tertiary/aromatic N) is 2. The maximum atomic E-state index is 6.47. The highest BCUT2D eigenvalue weighted by molar-refractivity contribution is 6.33. The fraction of sp³-hybridized carbons (Fsp3) is 0.565. The summed E-state index contributed by atoms with van der Waals surface area (Å²) in [6.45, 7) is 12.2. The molecule has 1 saturated carbocycles. The van der Waals surface area contributed by atoms with Crippen molar-refractivity contribution in [2.45, 2.75) is 46.5 Å². The van der Waals surface area contributed by atoms with Gasteiger partial charge in [0.15, 0.2) is 0 Å². The number of halogens is 1. The molecular formula is C23H33ClN2. The van der Waals surface area contributed by atoms with E-state index in [4.69, 9.17) is 11.6 Å². The topological polar surface area (TPSA) is 6.48 Å². The molecule has 0 amide bonds. The third-order valence-electron chi connectivity index (χ3n) is 5.77. The third-order valence-corrected chi connectivity index (χ3v) is 6.07. The number of benzene rings is 1. The summed E-state index contributed by atoms with van der Waals surface area (Å²) < 4.78 is 0. The highest BCUT2D eigenvalue weighted by Crippen LogP contribution is 2.53. The normalized spacial score (nSPS) is 20.8. The number of anilines is 1. The molecule has 0 spiro atoms. The molecule has 0 unspecified atom stereocenters. The fourth-order valence-electron chi connectivity index (χ4n) is 4.06. The number of rotatable bonds is 7. The predicted octanol–water partition coefficient (Wildman–Crippen LogP) is 5.85. The molecule has 3 rings (SSSR count). The molecule has 2 nitrogen and oxygen atoms in total. The predicted molar refractivity (Wildman–Crippen MR) is 114 cm³/mol. The lowest BCUT2D eigenvalue weighted by atomic mass is 9.93. The van der Waals surface area contributed by atoms with Gasteiger partial charge in [0.25, 0.3) is 0 Å². The second-order valence-electron chi connectivity index (χ2n) is 7.88. The Morgan fingerprint density at radius 1 is 1.12 bits per heavy atom. The number of piperazine rings is 1. The van der Waals surface area contributed by atoms with E-state index in [2.05, 4.69) is 67.0 Å². The van der Waals surface area contributed by atoms with E-state index >= 15 is 0 Å². The van der Waals surface area contributed by atoms with E-state index in [1.165, 1.54) is 30.6 Å². The van der Waals surface area contributed by atoms with Crippen LogP contribution >= 0.6 is 11.6 Å². The molecule has 1 saturated heterocycles. The van der Waals surface area contributed by atoms with Gasteiger partial charge in [0, 0.05) is 38.1 Å². The van der Waals surface area contributed by atoms with Gasteiger partial charge < -0.3 is 4.90 Å². The molecule has 26 heavy (non-hydrogen) atoms. The summed E-state index contributed by atoms with van der Waals surface area (Å²) in [5.41, 5.74) is 4.41. The highest BCUT2D eigenvalue weighted by atomic mass is 35.5. The lowest BCUT2D eigenvalue weighted by Crippen LogP contribution is -2.48. The first-order chi connectivity index (χ1) is 12.6. The Balaban J connectivity index is 1.60. The van der Waals surface area contributed by atoms with E-state index in [1.807, 2.05) is 0 Å². The summed E-state index contributed by atoms with van der Waals surface area (Å²) >= 11 is 6.47. The number of hydrogen-bond donors (Lipinski definition) is 0. The molecule has 1 aromatic carbocycles. The minimum Gasteiger partial charge on any atom is -0.368 e. The SMILES string of the molecule is CC/C=C\C(=C/CC)C1(CN2CCN(c3ccc(C)cc3Cl)CC2)CC1. The molecule has 0 aromatic heterocycles. The van der Waals surface area contributed by atoms with Crippen molar-refractivity contribution in [1.29, 1.82) is 0 Å². The number of aryl methyl sites for hydroxylation is 1. The maximum absolute atomic E-state index is 6.47. The summed E-state index contributed by atoms with van der Waals surface area (Å²) in [6.07, 6.45) is 12.1. The quantitative estimate of drug-likeness (QED) is 0.553. The molecule has 1 aliphatic heterocycles. The van der Waals surface area contributed by atoms with Gasteiger partial charge in [-0.1, -0.05) is 49.7 Å². The van der Waals surface area contributed by atoms with Crippen LogP contribution in [0.3, 0.4) is 0 Å². The highest BCUT2D eigenvalue weighted by Gasteiger charge is 2.46. The molecule has 0 radical (unpaired) electrons. The lowest BCUT2D eigenvalue weighted by molar-refractivity contribution is 0.224. The van der Waals surface area contributed by atoms with Gasteiger partial charge in [0.05, 0.1) is 10.7 Å². The Kier molecular flexibility index (Phi) is 6.47. The van der Waals surface area contributed by atoms with Crippen molar-refractivity contribution in [2.24, 2.45) is 5.41 Å². The lowest BCUT2D eigenvalue weighted by Gasteiger charge is -2.38. The molecule has 0 N–H and O–H groups in total. The van der Waals surface area contributed by atoms with Gasteiger partial charge in [-0.2, -0.15) is 0 Å². The van der Waals surface area contributed by atoms with Gasteiger partial charge in [-0.15, -0.1) is 0 Å². The average molecular weight is 373 g/mol. The van der Waals surface area contributed by atoms with Crippen LogP contribution in [0.25, 0.3) is 0 Å². The van der Waals surface area contributed by atoms with Crippen molar-refractivity contribution in [3.8, 4) is 0 Å². The molecule has 3 heteroatoms. The summed E-state index contributed by atoms with van der Waals surface area (Å²) in [5, 5.41) is 0.884. The fourth-order valence-corrected chi connectivity index (χ4v) is 4.41. The summed E-state index contributed by atoms with van der Waals surface area (Å²) in [6, 6.07) is 6.41. The van der Waals surface area contributed by atoms with Crippen molar-refractivity contribution in [3.63, 3.8) is 0 Å². The zero-order chi connectivity index (χ0) is 18.6. The Morgan fingerprint density at radius 2 is 1.85 bits per heavy atom. The standard InChI is InChI=1S/C23H33ClN2/c1-4-6-8-20(7-5-2)23(11-12-23)18-25-13-15-26(16-14-25)22-10-9-19(3)17-21(22)24/h6-10,17H,4-5,11-16,18H2,1-3H3/b8-6-,20-7+. The van der Waals surface area contributed by atoms with Crippen LogP contribution in [0.15, 0.2) is 42.0 Å². The summed E-state index contributed by atoms with van der Waals surface area (Å²) in [4.78, 5) is 5.10. The van der Waals surface area contributed by atoms with Crippen LogP contribution in [0.5, 0.6) is 0 Å². The minimum absolute atomic E-state index is 0.422. The summed E-state index contributed by atoms with van der Waals surface area (Å²) in [7, 11) is 0. The number of hydrogen-bond acceptors (Lipinski definition) is 2. The van der Waals surface area contributed by atoms with Crippen molar-refractivity contribution < 1.29 is 0 Å². The van der Waals surface area contributed by atoms with Gasteiger partial charge in [0.2, 0.25) is 0 Å². The Bertz CT molecular complexity index is 665. The van der Waals surface area contributed by atoms with Crippen molar-refractivity contribution in [1.82, 2.24) is 4.90 Å². The molecule has 2 aliphatic rings. The Labute approximate surface area is 164 Å². The largest absolute Gasteiger partial charge is 0.368 e. The second kappa shape index (κ2) is 8.63. The first kappa shape index (κ1) is 19.5. The smallest absolute Gasteiger partial charge is 0.0642 e. The Morgan fingerprint density at radius 3 is 2.42 bits per heavy atom. The van der Waals surface area contributed by atoms with Gasteiger partial charge in [-0.25, -0.2) is 0 Å². The van der Waals surface area contributed by atoms with Crippen LogP contribution in [0.4, 0.5) is 5.69 Å². The van der Waals surface area contributed by atoms with Gasteiger partial charge in [-0.3, -0.25) is 4.90 Å². The average Bonchev–Trinajstić information content (AvgIpc) is 3.40. The zero-order valence-electron chi connectivity index (χ0n) is 16.6. The number of allylic oxidation sites excluding steroid dienone is 3. The van der Waals surface area contributed by atoms with Crippen molar-refractivity contribution >= 4 is 17.3 Å². The van der Waals surface area contributed by atoms with Gasteiger partial charge in [-0.05, 0) is 55.9 Å². The van der Waals surface area contributed by atoms with Crippen LogP contribution in [0.2, 0.25) is 5.02 Å². The van der Waals surface area contributed by atoms with E-state index in [9.17, 15) is 0 Å². The van der Waals surface area contributed by atoms with Crippen LogP contribution in [0.1, 0.15) is 45.1 Å². The van der Waals surface area contributed by atoms with Crippen LogP contribution in [-0.2, 0) is 0 Å². The first-order valence-electron chi connectivity index (χ1n) is 10.2. The first-order valence-corrected chi connectivity index (χ1v) is 10.6.